The monoisotopic (exact) mass is 556 g/mol. The van der Waals surface area contributed by atoms with Crippen LogP contribution in [0.15, 0.2) is 41.4 Å². The minimum Gasteiger partial charge on any atom is -0.372 e. The molecule has 1 saturated heterocycles. The molecule has 170 valence electrons. The molecule has 1 aliphatic heterocycles. The van der Waals surface area contributed by atoms with Crippen molar-refractivity contribution in [3.63, 3.8) is 0 Å². The van der Waals surface area contributed by atoms with Crippen LogP contribution in [0.3, 0.4) is 0 Å². The zero-order valence-electron chi connectivity index (χ0n) is 18.7. The summed E-state index contributed by atoms with van der Waals surface area (Å²) in [6.45, 7) is 11.6. The van der Waals surface area contributed by atoms with E-state index in [1.54, 1.807) is 11.3 Å². The third-order valence-corrected chi connectivity index (χ3v) is 5.90. The summed E-state index contributed by atoms with van der Waals surface area (Å²) in [6.07, 6.45) is 0.141. The molecule has 1 amide bonds. The van der Waals surface area contributed by atoms with E-state index in [1.165, 1.54) is 9.75 Å². The molecule has 3 rings (SSSR count). The highest BCUT2D eigenvalue weighted by atomic mass is 127. The lowest BCUT2D eigenvalue weighted by atomic mass is 10.1. The second-order valence-electron chi connectivity index (χ2n) is 7.73. The van der Waals surface area contributed by atoms with Gasteiger partial charge in [-0.1, -0.05) is 12.1 Å². The Balaban J connectivity index is 0.00000341. The normalized spacial score (nSPS) is 19.0. The highest BCUT2D eigenvalue weighted by molar-refractivity contribution is 14.0. The predicted molar refractivity (Wildman–Crippen MR) is 138 cm³/mol. The lowest BCUT2D eigenvalue weighted by molar-refractivity contribution is -0.0586. The molecule has 0 bridgehead atoms. The molecule has 0 saturated carbocycles. The average molecular weight is 557 g/mol. The molecule has 2 heterocycles. The van der Waals surface area contributed by atoms with E-state index in [0.717, 1.165) is 24.6 Å². The van der Waals surface area contributed by atoms with Gasteiger partial charge in [-0.2, -0.15) is 0 Å². The number of halogens is 1. The fraction of sp³-hybridized carbons (Fsp3) is 0.478. The lowest BCUT2D eigenvalue weighted by Gasteiger charge is -2.35. The maximum absolute atomic E-state index is 12.8. The van der Waals surface area contributed by atoms with Crippen molar-refractivity contribution in [3.8, 4) is 0 Å². The standard InChI is InChI=1S/C23H32N4O2S.HI/c1-5-24-23(26-13-21-11-6-18(4)30-21)25-12-19-7-9-20(10-8-19)22(28)27-14-16(2)29-17(3)15-27;/h6-11,16-17H,5,12-15H2,1-4H3,(H2,24,25,26);1H. The van der Waals surface area contributed by atoms with Crippen molar-refractivity contribution >= 4 is 47.2 Å². The smallest absolute Gasteiger partial charge is 0.254 e. The van der Waals surface area contributed by atoms with Gasteiger partial charge in [0.05, 0.1) is 25.3 Å². The van der Waals surface area contributed by atoms with E-state index < -0.39 is 0 Å². The summed E-state index contributed by atoms with van der Waals surface area (Å²) in [5, 5.41) is 6.66. The van der Waals surface area contributed by atoms with Gasteiger partial charge in [-0.25, -0.2) is 4.99 Å². The number of aliphatic imine (C=N–C) groups is 1. The van der Waals surface area contributed by atoms with Crippen molar-refractivity contribution in [3.05, 3.63) is 57.3 Å². The number of hydrogen-bond donors (Lipinski definition) is 2. The van der Waals surface area contributed by atoms with Crippen LogP contribution in [-0.4, -0.2) is 48.6 Å². The maximum atomic E-state index is 12.8. The summed E-state index contributed by atoms with van der Waals surface area (Å²) in [5.74, 6) is 0.855. The van der Waals surface area contributed by atoms with Crippen molar-refractivity contribution < 1.29 is 9.53 Å². The first-order valence-corrected chi connectivity index (χ1v) is 11.4. The van der Waals surface area contributed by atoms with Gasteiger partial charge in [-0.15, -0.1) is 35.3 Å². The Hall–Kier alpha value is -1.65. The van der Waals surface area contributed by atoms with Gasteiger partial charge in [0.1, 0.15) is 0 Å². The predicted octanol–water partition coefficient (Wildman–Crippen LogP) is 4.18. The van der Waals surface area contributed by atoms with Crippen molar-refractivity contribution in [2.75, 3.05) is 19.6 Å². The number of benzene rings is 1. The van der Waals surface area contributed by atoms with Crippen LogP contribution in [0.2, 0.25) is 0 Å². The molecule has 1 aliphatic rings. The van der Waals surface area contributed by atoms with Gasteiger partial charge < -0.3 is 20.3 Å². The quantitative estimate of drug-likeness (QED) is 0.319. The van der Waals surface area contributed by atoms with Gasteiger partial charge in [0, 0.05) is 35.0 Å². The molecule has 2 aromatic rings. The fourth-order valence-electron chi connectivity index (χ4n) is 3.54. The molecule has 2 N–H and O–H groups in total. The molecule has 1 aromatic heterocycles. The Morgan fingerprint density at radius 1 is 1.13 bits per heavy atom. The van der Waals surface area contributed by atoms with Crippen molar-refractivity contribution in [1.29, 1.82) is 0 Å². The third-order valence-electron chi connectivity index (χ3n) is 4.90. The minimum absolute atomic E-state index is 0. The summed E-state index contributed by atoms with van der Waals surface area (Å²) in [7, 11) is 0. The number of thiophene rings is 1. The van der Waals surface area contributed by atoms with Crippen molar-refractivity contribution in [2.24, 2.45) is 4.99 Å². The summed E-state index contributed by atoms with van der Waals surface area (Å²) in [5.41, 5.74) is 1.78. The van der Waals surface area contributed by atoms with E-state index >= 15 is 0 Å². The van der Waals surface area contributed by atoms with Crippen LogP contribution < -0.4 is 10.6 Å². The van der Waals surface area contributed by atoms with E-state index in [9.17, 15) is 4.79 Å². The fourth-order valence-corrected chi connectivity index (χ4v) is 4.37. The number of guanidine groups is 1. The SMILES string of the molecule is CCNC(=NCc1ccc(C(=O)N2CC(C)OC(C)C2)cc1)NCc1ccc(C)s1.I. The van der Waals surface area contributed by atoms with Crippen LogP contribution in [-0.2, 0) is 17.8 Å². The van der Waals surface area contributed by atoms with E-state index in [2.05, 4.69) is 41.6 Å². The molecule has 0 spiro atoms. The van der Waals surface area contributed by atoms with Crippen LogP contribution in [0.5, 0.6) is 0 Å². The first kappa shape index (κ1) is 25.6. The molecule has 1 fully saturated rings. The molecule has 8 heteroatoms. The molecule has 31 heavy (non-hydrogen) atoms. The Bertz CT molecular complexity index is 859. The van der Waals surface area contributed by atoms with Crippen LogP contribution >= 0.6 is 35.3 Å². The molecule has 0 aliphatic carbocycles. The maximum Gasteiger partial charge on any atom is 0.254 e. The second-order valence-corrected chi connectivity index (χ2v) is 9.10. The number of carbonyl (C=O) groups excluding carboxylic acids is 1. The molecular weight excluding hydrogens is 523 g/mol. The van der Waals surface area contributed by atoms with Crippen molar-refractivity contribution in [1.82, 2.24) is 15.5 Å². The zero-order valence-corrected chi connectivity index (χ0v) is 21.8. The number of hydrogen-bond acceptors (Lipinski definition) is 4. The Morgan fingerprint density at radius 2 is 1.81 bits per heavy atom. The average Bonchev–Trinajstić information content (AvgIpc) is 3.14. The Labute approximate surface area is 206 Å². The number of rotatable bonds is 6. The first-order chi connectivity index (χ1) is 14.4. The van der Waals surface area contributed by atoms with Gasteiger partial charge in [-0.05, 0) is 57.5 Å². The number of carbonyl (C=O) groups is 1. The van der Waals surface area contributed by atoms with Gasteiger partial charge in [-0.3, -0.25) is 4.79 Å². The largest absolute Gasteiger partial charge is 0.372 e. The van der Waals surface area contributed by atoms with E-state index in [4.69, 9.17) is 4.74 Å². The highest BCUT2D eigenvalue weighted by Gasteiger charge is 2.26. The van der Waals surface area contributed by atoms with Crippen LogP contribution in [0.25, 0.3) is 0 Å². The van der Waals surface area contributed by atoms with Gasteiger partial charge in [0.2, 0.25) is 0 Å². The lowest BCUT2D eigenvalue weighted by Crippen LogP contribution is -2.48. The zero-order chi connectivity index (χ0) is 21.5. The van der Waals surface area contributed by atoms with Gasteiger partial charge in [0.25, 0.3) is 5.91 Å². The first-order valence-electron chi connectivity index (χ1n) is 10.6. The summed E-state index contributed by atoms with van der Waals surface area (Å²) >= 11 is 1.79. The molecule has 2 unspecified atom stereocenters. The molecule has 1 aromatic carbocycles. The van der Waals surface area contributed by atoms with E-state index in [0.29, 0.717) is 25.2 Å². The van der Waals surface area contributed by atoms with Gasteiger partial charge >= 0.3 is 0 Å². The van der Waals surface area contributed by atoms with Crippen LogP contribution in [0, 0.1) is 6.92 Å². The van der Waals surface area contributed by atoms with Crippen molar-refractivity contribution in [2.45, 2.75) is 53.0 Å². The number of nitrogens with one attached hydrogen (secondary N) is 2. The van der Waals surface area contributed by atoms with Gasteiger partial charge in [0.15, 0.2) is 5.96 Å². The second kappa shape index (κ2) is 12.4. The Kier molecular flexibility index (Phi) is 10.2. The Morgan fingerprint density at radius 3 is 2.39 bits per heavy atom. The number of amides is 1. The number of nitrogens with zero attached hydrogens (tertiary/aromatic N) is 2. The van der Waals surface area contributed by atoms with E-state index in [1.807, 2.05) is 43.0 Å². The summed E-state index contributed by atoms with van der Waals surface area (Å²) in [6, 6.07) is 12.0. The minimum atomic E-state index is 0. The van der Waals surface area contributed by atoms with Crippen LogP contribution in [0.1, 0.15) is 46.4 Å². The van der Waals surface area contributed by atoms with E-state index in [-0.39, 0.29) is 42.1 Å². The molecule has 2 atom stereocenters. The van der Waals surface area contributed by atoms with Crippen LogP contribution in [0.4, 0.5) is 0 Å². The third kappa shape index (κ3) is 7.76. The number of morpholine rings is 1. The molecule has 0 radical (unpaired) electrons. The highest BCUT2D eigenvalue weighted by Crippen LogP contribution is 2.16. The number of aryl methyl sites for hydroxylation is 1. The molecule has 6 nitrogen and oxygen atoms in total. The summed E-state index contributed by atoms with van der Waals surface area (Å²) in [4.78, 5) is 22.0. The number of ether oxygens (including phenoxy) is 1. The summed E-state index contributed by atoms with van der Waals surface area (Å²) < 4.78 is 5.73. The molecular formula is C23H33IN4O2S. The topological polar surface area (TPSA) is 66.0 Å².